The molecule has 2 aromatic rings. The lowest BCUT2D eigenvalue weighted by atomic mass is 10.2. The molecule has 0 aliphatic carbocycles. The topological polar surface area (TPSA) is 33.5 Å². The van der Waals surface area contributed by atoms with Gasteiger partial charge in [-0.25, -0.2) is 0 Å². The first kappa shape index (κ1) is 14.0. The van der Waals surface area contributed by atoms with Crippen LogP contribution in [0.4, 0.5) is 0 Å². The molecule has 0 saturated heterocycles. The normalized spacial score (nSPS) is 12.8. The highest BCUT2D eigenvalue weighted by Gasteiger charge is 2.06. The van der Waals surface area contributed by atoms with Crippen LogP contribution in [0.3, 0.4) is 0 Å². The summed E-state index contributed by atoms with van der Waals surface area (Å²) in [5, 5.41) is 0. The fourth-order valence-electron chi connectivity index (χ4n) is 1.97. The molecule has 0 radical (unpaired) electrons. The minimum Gasteiger partial charge on any atom is -0.472 e. The van der Waals surface area contributed by atoms with E-state index in [4.69, 9.17) is 4.42 Å². The average Bonchev–Trinajstić information content (AvgIpc) is 2.91. The molecular formula is C15H19NO2S. The molecule has 19 heavy (non-hydrogen) atoms. The molecule has 102 valence electrons. The molecule has 0 bridgehead atoms. The first-order valence-corrected chi connectivity index (χ1v) is 7.90. The van der Waals surface area contributed by atoms with E-state index in [0.29, 0.717) is 0 Å². The summed E-state index contributed by atoms with van der Waals surface area (Å²) >= 11 is 0. The first-order chi connectivity index (χ1) is 9.19. The Morgan fingerprint density at radius 3 is 2.32 bits per heavy atom. The largest absolute Gasteiger partial charge is 0.472 e. The Labute approximate surface area is 116 Å². The minimum absolute atomic E-state index is 0.877. The Hall–Kier alpha value is -1.39. The predicted octanol–water partition coefficient (Wildman–Crippen LogP) is 3.04. The summed E-state index contributed by atoms with van der Waals surface area (Å²) in [6, 6.07) is 9.98. The third-order valence-corrected chi connectivity index (χ3v) is 4.03. The summed E-state index contributed by atoms with van der Waals surface area (Å²) in [5.74, 6) is 0. The van der Waals surface area contributed by atoms with Gasteiger partial charge in [-0.15, -0.1) is 0 Å². The van der Waals surface area contributed by atoms with Crippen molar-refractivity contribution in [3.8, 4) is 0 Å². The van der Waals surface area contributed by atoms with Crippen LogP contribution in [0.2, 0.25) is 0 Å². The lowest BCUT2D eigenvalue weighted by Gasteiger charge is -2.19. The van der Waals surface area contributed by atoms with E-state index in [-0.39, 0.29) is 0 Å². The molecule has 0 unspecified atom stereocenters. The minimum atomic E-state index is -0.904. The van der Waals surface area contributed by atoms with E-state index in [0.717, 1.165) is 24.5 Å². The molecule has 0 spiro atoms. The Kier molecular flexibility index (Phi) is 4.93. The Balaban J connectivity index is 1.99. The first-order valence-electron chi connectivity index (χ1n) is 6.35. The molecule has 1 aromatic carbocycles. The van der Waals surface area contributed by atoms with Gasteiger partial charge in [0, 0.05) is 40.6 Å². The number of nitrogens with zero attached hydrogens (tertiary/aromatic N) is 1. The molecule has 0 N–H and O–H groups in total. The fraction of sp³-hybridized carbons (Fsp3) is 0.333. The van der Waals surface area contributed by atoms with Gasteiger partial charge >= 0.3 is 0 Å². The van der Waals surface area contributed by atoms with Gasteiger partial charge in [-0.05, 0) is 30.3 Å². The van der Waals surface area contributed by atoms with Crippen LogP contribution in [0.25, 0.3) is 0 Å². The van der Waals surface area contributed by atoms with Crippen LogP contribution in [-0.4, -0.2) is 21.9 Å². The van der Waals surface area contributed by atoms with E-state index < -0.39 is 10.8 Å². The molecule has 0 amide bonds. The number of hydrogen-bond acceptors (Lipinski definition) is 3. The maximum atomic E-state index is 11.3. The second-order valence-corrected chi connectivity index (χ2v) is 5.91. The van der Waals surface area contributed by atoms with Crippen LogP contribution in [0.15, 0.2) is 52.2 Å². The van der Waals surface area contributed by atoms with Crippen molar-refractivity contribution in [3.63, 3.8) is 0 Å². The van der Waals surface area contributed by atoms with E-state index in [1.54, 1.807) is 18.8 Å². The van der Waals surface area contributed by atoms with Gasteiger partial charge < -0.3 is 4.42 Å². The molecule has 4 heteroatoms. The van der Waals surface area contributed by atoms with Gasteiger partial charge in [-0.3, -0.25) is 9.11 Å². The van der Waals surface area contributed by atoms with Crippen LogP contribution in [-0.2, 0) is 23.9 Å². The summed E-state index contributed by atoms with van der Waals surface area (Å²) < 4.78 is 16.4. The second-order valence-electron chi connectivity index (χ2n) is 4.53. The molecule has 3 nitrogen and oxygen atoms in total. The van der Waals surface area contributed by atoms with Gasteiger partial charge in [0.2, 0.25) is 0 Å². The molecule has 1 atom stereocenters. The van der Waals surface area contributed by atoms with Crippen molar-refractivity contribution < 1.29 is 8.63 Å². The second kappa shape index (κ2) is 6.68. The highest BCUT2D eigenvalue weighted by atomic mass is 32.2. The van der Waals surface area contributed by atoms with E-state index in [2.05, 4.69) is 24.0 Å². The van der Waals surface area contributed by atoms with Gasteiger partial charge in [0.05, 0.1) is 12.5 Å². The zero-order valence-corrected chi connectivity index (χ0v) is 12.2. The third kappa shape index (κ3) is 4.04. The highest BCUT2D eigenvalue weighted by Crippen LogP contribution is 2.12. The number of furan rings is 1. The average molecular weight is 277 g/mol. The zero-order valence-electron chi connectivity index (χ0n) is 11.3. The third-order valence-electron chi connectivity index (χ3n) is 3.09. The number of hydrogen-bond donors (Lipinski definition) is 0. The van der Waals surface area contributed by atoms with Crippen LogP contribution in [0.1, 0.15) is 18.1 Å². The quantitative estimate of drug-likeness (QED) is 0.813. The van der Waals surface area contributed by atoms with Gasteiger partial charge in [-0.2, -0.15) is 0 Å². The molecule has 2 rings (SSSR count). The highest BCUT2D eigenvalue weighted by molar-refractivity contribution is 7.84. The summed E-state index contributed by atoms with van der Waals surface area (Å²) in [5.41, 5.74) is 2.42. The van der Waals surface area contributed by atoms with E-state index in [1.165, 1.54) is 11.1 Å². The van der Waals surface area contributed by atoms with E-state index in [1.807, 2.05) is 18.2 Å². The molecular weight excluding hydrogens is 258 g/mol. The Morgan fingerprint density at radius 2 is 1.79 bits per heavy atom. The molecule has 1 heterocycles. The summed E-state index contributed by atoms with van der Waals surface area (Å²) in [6.07, 6.45) is 5.19. The molecule has 0 fully saturated rings. The van der Waals surface area contributed by atoms with Gasteiger partial charge in [0.15, 0.2) is 0 Å². The van der Waals surface area contributed by atoms with Crippen LogP contribution in [0.5, 0.6) is 0 Å². The van der Waals surface area contributed by atoms with E-state index >= 15 is 0 Å². The van der Waals surface area contributed by atoms with Crippen LogP contribution < -0.4 is 0 Å². The zero-order chi connectivity index (χ0) is 13.7. The standard InChI is InChI=1S/C15H19NO2S/c1-3-16(11-14-8-9-18-12-14)10-13-4-6-15(7-5-13)19(2)17/h4-9,12H,3,10-11H2,1-2H3/t19-/m1/s1. The van der Waals surface area contributed by atoms with Crippen molar-refractivity contribution in [1.29, 1.82) is 0 Å². The summed E-state index contributed by atoms with van der Waals surface area (Å²) in [7, 11) is -0.904. The molecule has 1 aromatic heterocycles. The Morgan fingerprint density at radius 1 is 1.11 bits per heavy atom. The predicted molar refractivity (Wildman–Crippen MR) is 77.3 cm³/mol. The lowest BCUT2D eigenvalue weighted by molar-refractivity contribution is 0.270. The SMILES string of the molecule is CCN(Cc1ccc([S@@](C)=O)cc1)Cc1ccoc1. The van der Waals surface area contributed by atoms with Crippen molar-refractivity contribution in [2.45, 2.75) is 24.9 Å². The maximum Gasteiger partial charge on any atom is 0.0947 e. The van der Waals surface area contributed by atoms with E-state index in [9.17, 15) is 4.21 Å². The van der Waals surface area contributed by atoms with Crippen molar-refractivity contribution >= 4 is 10.8 Å². The van der Waals surface area contributed by atoms with Crippen LogP contribution in [0, 0.1) is 0 Å². The molecule has 0 saturated carbocycles. The number of rotatable bonds is 6. The monoisotopic (exact) mass is 277 g/mol. The van der Waals surface area contributed by atoms with Crippen molar-refractivity contribution in [2.24, 2.45) is 0 Å². The lowest BCUT2D eigenvalue weighted by Crippen LogP contribution is -2.21. The maximum absolute atomic E-state index is 11.3. The van der Waals surface area contributed by atoms with Crippen LogP contribution >= 0.6 is 0 Å². The molecule has 0 aliphatic heterocycles. The fourth-order valence-corrected chi connectivity index (χ4v) is 2.48. The van der Waals surface area contributed by atoms with Gasteiger partial charge in [-0.1, -0.05) is 19.1 Å². The molecule has 0 aliphatic rings. The van der Waals surface area contributed by atoms with Crippen molar-refractivity contribution in [3.05, 3.63) is 54.0 Å². The smallest absolute Gasteiger partial charge is 0.0947 e. The van der Waals surface area contributed by atoms with Gasteiger partial charge in [0.25, 0.3) is 0 Å². The summed E-state index contributed by atoms with van der Waals surface area (Å²) in [6.45, 7) is 4.90. The number of benzene rings is 1. The summed E-state index contributed by atoms with van der Waals surface area (Å²) in [4.78, 5) is 3.21. The van der Waals surface area contributed by atoms with Gasteiger partial charge in [0.1, 0.15) is 0 Å². The van der Waals surface area contributed by atoms with Crippen molar-refractivity contribution in [2.75, 3.05) is 12.8 Å². The Bertz CT molecular complexity index is 520. The van der Waals surface area contributed by atoms with Crippen molar-refractivity contribution in [1.82, 2.24) is 4.90 Å².